The van der Waals surface area contributed by atoms with Crippen molar-refractivity contribution >= 4 is 105 Å². The number of fused-ring (bicyclic) bond motifs is 1. The molecule has 31 heavy (non-hydrogen) atoms. The Morgan fingerprint density at radius 2 is 1.13 bits per heavy atom. The molecular formula is C22H24HfI4O2S2. The Hall–Kier alpha value is 2.53. The second-order valence-corrected chi connectivity index (χ2v) is 33.8. The molecule has 2 N–H and O–H groups in total. The second-order valence-electron chi connectivity index (χ2n) is 8.09. The van der Waals surface area contributed by atoms with Gasteiger partial charge in [0.15, 0.2) is 0 Å². The van der Waals surface area contributed by atoms with E-state index in [1.807, 2.05) is 0 Å². The Morgan fingerprint density at radius 3 is 1.55 bits per heavy atom. The van der Waals surface area contributed by atoms with Crippen molar-refractivity contribution < 1.29 is 29.1 Å². The predicted molar refractivity (Wildman–Crippen MR) is 165 cm³/mol. The molecule has 2 nitrogen and oxygen atoms in total. The average molecular weight is 1070 g/mol. The summed E-state index contributed by atoms with van der Waals surface area (Å²) in [5.41, 5.74) is 2.37. The van der Waals surface area contributed by atoms with E-state index in [1.165, 1.54) is 56.8 Å². The molecule has 0 amide bonds. The third kappa shape index (κ3) is 6.65. The second kappa shape index (κ2) is 12.2. The molecule has 0 aromatic heterocycles. The Kier molecular flexibility index (Phi) is 10.4. The van der Waals surface area contributed by atoms with Crippen LogP contribution in [0.4, 0.5) is 0 Å². The quantitative estimate of drug-likeness (QED) is 0.238. The average Bonchev–Trinajstić information content (AvgIpc) is 2.98. The van der Waals surface area contributed by atoms with Gasteiger partial charge >= 0.3 is 256 Å². The summed E-state index contributed by atoms with van der Waals surface area (Å²) >= 11 is 8.43. The van der Waals surface area contributed by atoms with Crippen LogP contribution in [0.1, 0.15) is 49.7 Å². The Morgan fingerprint density at radius 1 is 0.710 bits per heavy atom. The van der Waals surface area contributed by atoms with Crippen LogP contribution in [0.15, 0.2) is 24.3 Å². The molecule has 0 bridgehead atoms. The fraction of sp³-hybridized carbons (Fsp3) is 0.455. The number of phenolic OH excluding ortho intramolecular Hbond substituents is 2. The van der Waals surface area contributed by atoms with E-state index in [4.69, 9.17) is 0 Å². The molecule has 2 aliphatic rings. The summed E-state index contributed by atoms with van der Waals surface area (Å²) in [6, 6.07) is 8.58. The minimum atomic E-state index is -0.899. The van der Waals surface area contributed by atoms with Gasteiger partial charge in [0.25, 0.3) is 0 Å². The number of phenols is 2. The van der Waals surface area contributed by atoms with Gasteiger partial charge in [0.2, 0.25) is 0 Å². The van der Waals surface area contributed by atoms with Crippen molar-refractivity contribution in [2.24, 2.45) is 0 Å². The zero-order valence-corrected chi connectivity index (χ0v) is 30.7. The van der Waals surface area contributed by atoms with Crippen LogP contribution in [0, 0.1) is 14.3 Å². The van der Waals surface area contributed by atoms with Gasteiger partial charge in [-0.15, -0.1) is 0 Å². The van der Waals surface area contributed by atoms with Crippen LogP contribution in [0.3, 0.4) is 0 Å². The van der Waals surface area contributed by atoms with E-state index in [2.05, 4.69) is 115 Å². The molecule has 1 fully saturated rings. The SMILES string of the molecule is Oc1c(I)cc(I)cc1C[S]1=[Hf]=[S](Cc2cc(I)cc(I)c2O)[C@H]2CCCCCCC21. The maximum atomic E-state index is 10.8. The molecule has 4 atom stereocenters. The Balaban J connectivity index is 1.72. The zero-order chi connectivity index (χ0) is 22.1. The topological polar surface area (TPSA) is 40.5 Å². The molecule has 1 aliphatic carbocycles. The monoisotopic (exact) mass is 1070 g/mol. The van der Waals surface area contributed by atoms with Gasteiger partial charge in [0, 0.05) is 0 Å². The fourth-order valence-corrected chi connectivity index (χ4v) is 47.4. The first-order valence-electron chi connectivity index (χ1n) is 10.3. The number of rotatable bonds is 4. The third-order valence-electron chi connectivity index (χ3n) is 5.92. The molecule has 2 aromatic rings. The molecule has 1 aliphatic heterocycles. The van der Waals surface area contributed by atoms with Gasteiger partial charge in [-0.1, -0.05) is 0 Å². The molecule has 1 saturated carbocycles. The molecular weight excluding hydrogens is 1050 g/mol. The molecule has 1 heterocycles. The molecule has 0 radical (unpaired) electrons. The number of hydrogen-bond donors (Lipinski definition) is 2. The zero-order valence-electron chi connectivity index (χ0n) is 16.8. The van der Waals surface area contributed by atoms with E-state index >= 15 is 0 Å². The number of halogens is 4. The Labute approximate surface area is 251 Å². The van der Waals surface area contributed by atoms with Crippen LogP contribution in [-0.2, 0) is 30.4 Å². The van der Waals surface area contributed by atoms with Crippen LogP contribution >= 0.6 is 105 Å². The number of benzene rings is 2. The number of aromatic hydroxyl groups is 2. The molecule has 9 heteroatoms. The van der Waals surface area contributed by atoms with Gasteiger partial charge in [0.1, 0.15) is 0 Å². The van der Waals surface area contributed by atoms with Gasteiger partial charge in [-0.05, 0) is 0 Å². The first-order chi connectivity index (χ1) is 14.8. The maximum absolute atomic E-state index is 10.8. The summed E-state index contributed by atoms with van der Waals surface area (Å²) < 4.78 is 4.44. The van der Waals surface area contributed by atoms with E-state index in [0.29, 0.717) is 25.9 Å². The standard InChI is InChI=1S/C22H24I4O2S2.Hf/c23-15-7-13(21(27)17(25)9-15)11-29-19-5-3-1-2-4-6-20(19)30-12-14-8-16(24)10-18(26)22(14)28;/h7-10,19-20,27-28H,1-6,11-12H2;/t19-,20?;/m0./s1. The van der Waals surface area contributed by atoms with Crippen LogP contribution < -0.4 is 0 Å². The minimum absolute atomic E-state index is 0.493. The molecule has 168 valence electrons. The van der Waals surface area contributed by atoms with E-state index in [1.54, 1.807) is 0 Å². The summed E-state index contributed by atoms with van der Waals surface area (Å²) in [6.45, 7) is 0. The molecule has 2 aromatic carbocycles. The van der Waals surface area contributed by atoms with E-state index in [0.717, 1.165) is 29.1 Å². The van der Waals surface area contributed by atoms with Crippen molar-refractivity contribution in [3.8, 4) is 11.5 Å². The van der Waals surface area contributed by atoms with Crippen molar-refractivity contribution in [2.75, 3.05) is 0 Å². The van der Waals surface area contributed by atoms with Gasteiger partial charge in [-0.3, -0.25) is 0 Å². The van der Waals surface area contributed by atoms with Crippen LogP contribution in [-0.4, -0.2) is 20.7 Å². The summed E-state index contributed by atoms with van der Waals surface area (Å²) in [4.78, 5) is 0. The van der Waals surface area contributed by atoms with Gasteiger partial charge in [0.05, 0.1) is 0 Å². The molecule has 0 saturated heterocycles. The van der Waals surface area contributed by atoms with Crippen molar-refractivity contribution in [1.29, 1.82) is 0 Å². The van der Waals surface area contributed by atoms with Gasteiger partial charge in [-0.25, -0.2) is 0 Å². The summed E-state index contributed by atoms with van der Waals surface area (Å²) in [5.74, 6) is 3.25. The fourth-order valence-electron chi connectivity index (χ4n) is 4.40. The van der Waals surface area contributed by atoms with Gasteiger partial charge in [-0.2, -0.15) is 0 Å². The number of hydrogen-bond acceptors (Lipinski definition) is 2. The van der Waals surface area contributed by atoms with Crippen molar-refractivity contribution in [1.82, 2.24) is 0 Å². The first-order valence-corrected chi connectivity index (χ1v) is 26.4. The third-order valence-corrected chi connectivity index (χ3v) is 38.0. The van der Waals surface area contributed by atoms with E-state index in [-0.39, 0.29) is 0 Å². The normalized spacial score (nSPS) is 25.8. The van der Waals surface area contributed by atoms with Gasteiger partial charge < -0.3 is 0 Å². The van der Waals surface area contributed by atoms with E-state index < -0.39 is 18.9 Å². The van der Waals surface area contributed by atoms with Crippen molar-refractivity contribution in [3.63, 3.8) is 0 Å². The van der Waals surface area contributed by atoms with Crippen molar-refractivity contribution in [3.05, 3.63) is 49.7 Å². The van der Waals surface area contributed by atoms with Crippen LogP contribution in [0.25, 0.3) is 0 Å². The van der Waals surface area contributed by atoms with Crippen LogP contribution in [0.5, 0.6) is 11.5 Å². The summed E-state index contributed by atoms with van der Waals surface area (Å²) in [5, 5.41) is 23.3. The summed E-state index contributed by atoms with van der Waals surface area (Å²) in [6.07, 6.45) is 8.33. The first kappa shape index (κ1) is 26.6. The predicted octanol–water partition coefficient (Wildman–Crippen LogP) is 8.77. The molecule has 3 unspecified atom stereocenters. The molecule has 0 spiro atoms. The molecule has 4 rings (SSSR count). The van der Waals surface area contributed by atoms with E-state index in [9.17, 15) is 10.2 Å². The Bertz CT molecular complexity index is 1000. The van der Waals surface area contributed by atoms with Crippen molar-refractivity contribution in [2.45, 2.75) is 60.5 Å². The summed E-state index contributed by atoms with van der Waals surface area (Å²) in [7, 11) is 0.987. The van der Waals surface area contributed by atoms with Crippen LogP contribution in [0.2, 0.25) is 0 Å².